The molecule has 0 bridgehead atoms. The molecule has 1 aromatic heterocycles. The summed E-state index contributed by atoms with van der Waals surface area (Å²) in [7, 11) is 0. The number of carbonyl (C=O) groups excluding carboxylic acids is 1. The highest BCUT2D eigenvalue weighted by Crippen LogP contribution is 2.13. The van der Waals surface area contributed by atoms with Gasteiger partial charge < -0.3 is 0 Å². The van der Waals surface area contributed by atoms with Gasteiger partial charge in [0, 0.05) is 0 Å². The molecule has 0 saturated heterocycles. The Bertz CT molecular complexity index is 545. The number of Topliss-reactive ketones (excluding diaryl/α,β-unsaturated/α-hetero) is 1. The van der Waals surface area contributed by atoms with E-state index >= 15 is 0 Å². The molecule has 1 heterocycles. The number of hydrogen-bond donors (Lipinski definition) is 0. The van der Waals surface area contributed by atoms with Crippen LogP contribution in [0.4, 0.5) is 0 Å². The second kappa shape index (κ2) is 4.79. The third-order valence-electron chi connectivity index (χ3n) is 2.56. The third kappa shape index (κ3) is 2.29. The van der Waals surface area contributed by atoms with E-state index in [1.54, 1.807) is 4.68 Å². The molecule has 0 unspecified atom stereocenters. The van der Waals surface area contributed by atoms with Crippen molar-refractivity contribution in [3.8, 4) is 5.69 Å². The molecule has 0 radical (unpaired) electrons. The van der Waals surface area contributed by atoms with Crippen LogP contribution in [0.5, 0.6) is 0 Å². The van der Waals surface area contributed by atoms with E-state index in [1.165, 1.54) is 5.56 Å². The summed E-state index contributed by atoms with van der Waals surface area (Å²) in [6, 6.07) is 7.92. The molecule has 2 rings (SSSR count). The molecule has 4 nitrogen and oxygen atoms in total. The van der Waals surface area contributed by atoms with Crippen molar-refractivity contribution >= 4 is 21.7 Å². The largest absolute Gasteiger partial charge is 0.291 e. The first kappa shape index (κ1) is 12.0. The second-order valence-electron chi connectivity index (χ2n) is 3.83. The van der Waals surface area contributed by atoms with Gasteiger partial charge in [-0.3, -0.25) is 4.79 Å². The minimum Gasteiger partial charge on any atom is -0.291 e. The van der Waals surface area contributed by atoms with Crippen molar-refractivity contribution in [2.45, 2.75) is 13.8 Å². The third-order valence-corrected chi connectivity index (χ3v) is 3.07. The second-order valence-corrected chi connectivity index (χ2v) is 4.39. The number of alkyl halides is 1. The number of ketones is 1. The van der Waals surface area contributed by atoms with E-state index in [0.29, 0.717) is 5.69 Å². The Labute approximate surface area is 108 Å². The van der Waals surface area contributed by atoms with Crippen LogP contribution >= 0.6 is 15.9 Å². The fourth-order valence-corrected chi connectivity index (χ4v) is 1.85. The molecule has 5 heteroatoms. The zero-order valence-corrected chi connectivity index (χ0v) is 11.2. The van der Waals surface area contributed by atoms with E-state index < -0.39 is 0 Å². The molecule has 0 aliphatic heterocycles. The summed E-state index contributed by atoms with van der Waals surface area (Å²) < 4.78 is 1.68. The van der Waals surface area contributed by atoms with Crippen LogP contribution in [0.1, 0.15) is 21.7 Å². The summed E-state index contributed by atoms with van der Waals surface area (Å²) in [5.41, 5.74) is 3.28. The van der Waals surface area contributed by atoms with Crippen LogP contribution < -0.4 is 0 Å². The number of aromatic nitrogens is 3. The van der Waals surface area contributed by atoms with Crippen LogP contribution in [0.15, 0.2) is 24.3 Å². The van der Waals surface area contributed by atoms with Gasteiger partial charge >= 0.3 is 0 Å². The summed E-state index contributed by atoms with van der Waals surface area (Å²) in [6.07, 6.45) is 0. The zero-order chi connectivity index (χ0) is 12.4. The minimum atomic E-state index is -0.0548. The van der Waals surface area contributed by atoms with Gasteiger partial charge in [0.15, 0.2) is 11.5 Å². The van der Waals surface area contributed by atoms with Crippen molar-refractivity contribution < 1.29 is 4.79 Å². The van der Waals surface area contributed by atoms with Gasteiger partial charge in [-0.05, 0) is 26.0 Å². The van der Waals surface area contributed by atoms with Crippen molar-refractivity contribution in [1.29, 1.82) is 0 Å². The zero-order valence-electron chi connectivity index (χ0n) is 9.64. The molecule has 88 valence electrons. The van der Waals surface area contributed by atoms with Crippen molar-refractivity contribution in [2.24, 2.45) is 0 Å². The number of nitrogens with zero attached hydrogens (tertiary/aromatic N) is 3. The predicted octanol–water partition coefficient (Wildman–Crippen LogP) is 2.46. The van der Waals surface area contributed by atoms with Crippen LogP contribution in [0.3, 0.4) is 0 Å². The number of hydrogen-bond acceptors (Lipinski definition) is 3. The Morgan fingerprint density at radius 3 is 2.53 bits per heavy atom. The van der Waals surface area contributed by atoms with Gasteiger partial charge in [-0.25, -0.2) is 4.68 Å². The minimum absolute atomic E-state index is 0.0548. The Morgan fingerprint density at radius 2 is 1.94 bits per heavy atom. The Balaban J connectivity index is 2.44. The highest BCUT2D eigenvalue weighted by atomic mass is 79.9. The topological polar surface area (TPSA) is 47.8 Å². The molecule has 1 aromatic carbocycles. The van der Waals surface area contributed by atoms with Crippen LogP contribution in [0.2, 0.25) is 0 Å². The number of carbonyl (C=O) groups is 1. The lowest BCUT2D eigenvalue weighted by atomic mass is 10.2. The number of halogens is 1. The summed E-state index contributed by atoms with van der Waals surface area (Å²) in [5, 5.41) is 8.19. The molecule has 0 atom stereocenters. The van der Waals surface area contributed by atoms with Crippen molar-refractivity contribution in [1.82, 2.24) is 15.0 Å². The lowest BCUT2D eigenvalue weighted by Crippen LogP contribution is -2.04. The van der Waals surface area contributed by atoms with Gasteiger partial charge in [-0.2, -0.15) is 0 Å². The molecule has 2 aromatic rings. The lowest BCUT2D eigenvalue weighted by Gasteiger charge is -2.03. The van der Waals surface area contributed by atoms with Crippen LogP contribution in [0, 0.1) is 13.8 Å². The van der Waals surface area contributed by atoms with Gasteiger partial charge in [-0.15, -0.1) is 5.10 Å². The molecule has 0 fully saturated rings. The molecule has 0 saturated carbocycles. The van der Waals surface area contributed by atoms with Gasteiger partial charge in [0.05, 0.1) is 16.7 Å². The molecule has 0 aliphatic carbocycles. The number of rotatable bonds is 3. The van der Waals surface area contributed by atoms with Crippen molar-refractivity contribution in [3.63, 3.8) is 0 Å². The van der Waals surface area contributed by atoms with E-state index in [-0.39, 0.29) is 11.1 Å². The van der Waals surface area contributed by atoms with E-state index in [2.05, 4.69) is 26.2 Å². The number of benzene rings is 1. The summed E-state index contributed by atoms with van der Waals surface area (Å²) >= 11 is 3.13. The summed E-state index contributed by atoms with van der Waals surface area (Å²) in [5.74, 6) is -0.0548. The first-order chi connectivity index (χ1) is 8.13. The average molecular weight is 294 g/mol. The van der Waals surface area contributed by atoms with Gasteiger partial charge in [0.2, 0.25) is 0 Å². The standard InChI is InChI=1S/C12H12BrN3O/c1-8-3-5-10(6-4-8)16-9(2)12(14-15-16)11(17)7-13/h3-6H,7H2,1-2H3. The molecular weight excluding hydrogens is 282 g/mol. The molecule has 0 spiro atoms. The Morgan fingerprint density at radius 1 is 1.29 bits per heavy atom. The van der Waals surface area contributed by atoms with E-state index in [0.717, 1.165) is 11.4 Å². The first-order valence-electron chi connectivity index (χ1n) is 5.22. The Hall–Kier alpha value is -1.49. The van der Waals surface area contributed by atoms with E-state index in [4.69, 9.17) is 0 Å². The smallest absolute Gasteiger partial charge is 0.195 e. The van der Waals surface area contributed by atoms with E-state index in [9.17, 15) is 4.79 Å². The summed E-state index contributed by atoms with van der Waals surface area (Å²) in [6.45, 7) is 3.87. The molecule has 0 aliphatic rings. The van der Waals surface area contributed by atoms with Crippen molar-refractivity contribution in [2.75, 3.05) is 5.33 Å². The highest BCUT2D eigenvalue weighted by Gasteiger charge is 2.15. The molecule has 17 heavy (non-hydrogen) atoms. The molecular formula is C12H12BrN3O. The maximum absolute atomic E-state index is 11.6. The lowest BCUT2D eigenvalue weighted by molar-refractivity contribution is 0.101. The molecule has 0 N–H and O–H groups in total. The van der Waals surface area contributed by atoms with Gasteiger partial charge in [-0.1, -0.05) is 38.8 Å². The maximum Gasteiger partial charge on any atom is 0.195 e. The highest BCUT2D eigenvalue weighted by molar-refractivity contribution is 9.09. The predicted molar refractivity (Wildman–Crippen MR) is 69.0 cm³/mol. The van der Waals surface area contributed by atoms with E-state index in [1.807, 2.05) is 38.1 Å². The Kier molecular flexibility index (Phi) is 3.38. The number of aryl methyl sites for hydroxylation is 1. The van der Waals surface area contributed by atoms with Crippen LogP contribution in [-0.2, 0) is 0 Å². The average Bonchev–Trinajstić information content (AvgIpc) is 2.71. The fourth-order valence-electron chi connectivity index (χ4n) is 1.58. The first-order valence-corrected chi connectivity index (χ1v) is 6.34. The fraction of sp³-hybridized carbons (Fsp3) is 0.250. The monoisotopic (exact) mass is 293 g/mol. The SMILES string of the molecule is Cc1ccc(-n2nnc(C(=O)CBr)c2C)cc1. The quantitative estimate of drug-likeness (QED) is 0.645. The van der Waals surface area contributed by atoms with Crippen molar-refractivity contribution in [3.05, 3.63) is 41.2 Å². The van der Waals surface area contributed by atoms with Gasteiger partial charge in [0.25, 0.3) is 0 Å². The summed E-state index contributed by atoms with van der Waals surface area (Å²) in [4.78, 5) is 11.6. The van der Waals surface area contributed by atoms with Crippen LogP contribution in [-0.4, -0.2) is 26.1 Å². The van der Waals surface area contributed by atoms with Crippen LogP contribution in [0.25, 0.3) is 5.69 Å². The molecule has 0 amide bonds. The normalized spacial score (nSPS) is 10.5. The maximum atomic E-state index is 11.6. The van der Waals surface area contributed by atoms with Gasteiger partial charge in [0.1, 0.15) is 0 Å².